The Balaban J connectivity index is 2.05. The van der Waals surface area contributed by atoms with Gasteiger partial charge in [0.05, 0.1) is 5.69 Å². The number of hydrogen-bond acceptors (Lipinski definition) is 4. The molecule has 1 aromatic heterocycles. The largest absolute Gasteiger partial charge is 0.369 e. The number of rotatable bonds is 6. The third-order valence-corrected chi connectivity index (χ3v) is 3.22. The Hall–Kier alpha value is -1.94. The molecule has 0 fully saturated rings. The highest BCUT2D eigenvalue weighted by molar-refractivity contribution is 5.60. The fourth-order valence-corrected chi connectivity index (χ4v) is 1.94. The highest BCUT2D eigenvalue weighted by Crippen LogP contribution is 2.21. The lowest BCUT2D eigenvalue weighted by Gasteiger charge is -2.07. The Morgan fingerprint density at radius 2 is 1.80 bits per heavy atom. The Morgan fingerprint density at radius 1 is 1.05 bits per heavy atom. The lowest BCUT2D eigenvalue weighted by atomic mass is 10.0. The summed E-state index contributed by atoms with van der Waals surface area (Å²) in [6.45, 7) is 5.89. The fourth-order valence-electron chi connectivity index (χ4n) is 1.94. The molecule has 3 N–H and O–H groups in total. The van der Waals surface area contributed by atoms with Crippen LogP contribution in [0.3, 0.4) is 0 Å². The monoisotopic (exact) mass is 270 g/mol. The molecule has 0 aliphatic heterocycles. The molecule has 0 bridgehead atoms. The van der Waals surface area contributed by atoms with E-state index in [4.69, 9.17) is 5.73 Å². The second-order valence-corrected chi connectivity index (χ2v) is 5.15. The van der Waals surface area contributed by atoms with E-state index in [9.17, 15) is 0 Å². The SMILES string of the molecule is CC(C)c1ccc(-c2ccc(NCCCN)nn2)cc1. The summed E-state index contributed by atoms with van der Waals surface area (Å²) >= 11 is 0. The molecule has 1 heterocycles. The molecule has 0 aliphatic rings. The van der Waals surface area contributed by atoms with Crippen molar-refractivity contribution in [2.24, 2.45) is 5.73 Å². The van der Waals surface area contributed by atoms with Gasteiger partial charge >= 0.3 is 0 Å². The molecule has 0 saturated carbocycles. The van der Waals surface area contributed by atoms with Crippen molar-refractivity contribution < 1.29 is 0 Å². The minimum absolute atomic E-state index is 0.546. The molecule has 4 nitrogen and oxygen atoms in total. The third kappa shape index (κ3) is 3.78. The summed E-state index contributed by atoms with van der Waals surface area (Å²) in [7, 11) is 0. The van der Waals surface area contributed by atoms with Gasteiger partial charge < -0.3 is 11.1 Å². The van der Waals surface area contributed by atoms with Crippen LogP contribution in [0, 0.1) is 0 Å². The molecule has 0 saturated heterocycles. The van der Waals surface area contributed by atoms with Gasteiger partial charge in [-0.3, -0.25) is 0 Å². The zero-order chi connectivity index (χ0) is 14.4. The summed E-state index contributed by atoms with van der Waals surface area (Å²) in [5.74, 6) is 1.34. The van der Waals surface area contributed by atoms with E-state index >= 15 is 0 Å². The van der Waals surface area contributed by atoms with Gasteiger partial charge in [0.2, 0.25) is 0 Å². The first-order chi connectivity index (χ1) is 9.70. The normalized spacial score (nSPS) is 10.8. The lowest BCUT2D eigenvalue weighted by Crippen LogP contribution is -2.09. The van der Waals surface area contributed by atoms with Crippen molar-refractivity contribution >= 4 is 5.82 Å². The van der Waals surface area contributed by atoms with E-state index in [0.29, 0.717) is 12.5 Å². The topological polar surface area (TPSA) is 63.8 Å². The maximum absolute atomic E-state index is 5.45. The van der Waals surface area contributed by atoms with Gasteiger partial charge in [-0.15, -0.1) is 10.2 Å². The van der Waals surface area contributed by atoms with E-state index in [2.05, 4.69) is 53.6 Å². The molecule has 20 heavy (non-hydrogen) atoms. The van der Waals surface area contributed by atoms with Gasteiger partial charge in [0.25, 0.3) is 0 Å². The number of hydrogen-bond donors (Lipinski definition) is 2. The van der Waals surface area contributed by atoms with Crippen LogP contribution in [-0.2, 0) is 0 Å². The van der Waals surface area contributed by atoms with E-state index in [-0.39, 0.29) is 0 Å². The van der Waals surface area contributed by atoms with E-state index in [0.717, 1.165) is 30.0 Å². The third-order valence-electron chi connectivity index (χ3n) is 3.22. The summed E-state index contributed by atoms with van der Waals surface area (Å²) < 4.78 is 0. The van der Waals surface area contributed by atoms with Crippen molar-refractivity contribution in [2.75, 3.05) is 18.4 Å². The molecule has 0 radical (unpaired) electrons. The fraction of sp³-hybridized carbons (Fsp3) is 0.375. The molecule has 4 heteroatoms. The van der Waals surface area contributed by atoms with Crippen molar-refractivity contribution in [3.8, 4) is 11.3 Å². The van der Waals surface area contributed by atoms with Crippen LogP contribution in [0.25, 0.3) is 11.3 Å². The van der Waals surface area contributed by atoms with Crippen molar-refractivity contribution in [1.29, 1.82) is 0 Å². The molecular formula is C16H22N4. The molecule has 0 amide bonds. The van der Waals surface area contributed by atoms with Gasteiger partial charge in [-0.1, -0.05) is 38.1 Å². The van der Waals surface area contributed by atoms with Gasteiger partial charge in [0, 0.05) is 12.1 Å². The van der Waals surface area contributed by atoms with Gasteiger partial charge in [0.1, 0.15) is 5.82 Å². The highest BCUT2D eigenvalue weighted by atomic mass is 15.2. The van der Waals surface area contributed by atoms with Crippen LogP contribution in [0.15, 0.2) is 36.4 Å². The average molecular weight is 270 g/mol. The van der Waals surface area contributed by atoms with Crippen LogP contribution >= 0.6 is 0 Å². The number of benzene rings is 1. The quantitative estimate of drug-likeness (QED) is 0.792. The molecule has 2 rings (SSSR count). The summed E-state index contributed by atoms with van der Waals surface area (Å²) in [4.78, 5) is 0. The van der Waals surface area contributed by atoms with Crippen LogP contribution in [0.4, 0.5) is 5.82 Å². The van der Waals surface area contributed by atoms with E-state index in [1.165, 1.54) is 5.56 Å². The van der Waals surface area contributed by atoms with Gasteiger partial charge in [-0.25, -0.2) is 0 Å². The summed E-state index contributed by atoms with van der Waals surface area (Å²) in [6, 6.07) is 12.4. The Kier molecular flexibility index (Phi) is 5.07. The van der Waals surface area contributed by atoms with Crippen LogP contribution in [0.2, 0.25) is 0 Å². The van der Waals surface area contributed by atoms with Crippen LogP contribution in [-0.4, -0.2) is 23.3 Å². The maximum atomic E-state index is 5.45. The standard InChI is InChI=1S/C16H22N4/c1-12(2)13-4-6-14(7-5-13)15-8-9-16(20-19-15)18-11-3-10-17/h4-9,12H,3,10-11,17H2,1-2H3,(H,18,20). The van der Waals surface area contributed by atoms with E-state index < -0.39 is 0 Å². The summed E-state index contributed by atoms with van der Waals surface area (Å²) in [6.07, 6.45) is 0.931. The van der Waals surface area contributed by atoms with Gasteiger partial charge in [0.15, 0.2) is 0 Å². The van der Waals surface area contributed by atoms with Crippen LogP contribution in [0.5, 0.6) is 0 Å². The predicted octanol–water partition coefficient (Wildman–Crippen LogP) is 3.03. The summed E-state index contributed by atoms with van der Waals surface area (Å²) in [5.41, 5.74) is 8.77. The molecule has 0 aliphatic carbocycles. The van der Waals surface area contributed by atoms with Crippen molar-refractivity contribution in [2.45, 2.75) is 26.2 Å². The molecule has 0 unspecified atom stereocenters. The Bertz CT molecular complexity index is 517. The molecule has 2 aromatic rings. The average Bonchev–Trinajstić information content (AvgIpc) is 2.48. The Morgan fingerprint density at radius 3 is 2.35 bits per heavy atom. The minimum Gasteiger partial charge on any atom is -0.369 e. The van der Waals surface area contributed by atoms with Crippen molar-refractivity contribution in [3.05, 3.63) is 42.0 Å². The second-order valence-electron chi connectivity index (χ2n) is 5.15. The Labute approximate surface area is 120 Å². The zero-order valence-corrected chi connectivity index (χ0v) is 12.1. The number of anilines is 1. The molecule has 0 atom stereocenters. The number of nitrogens with one attached hydrogen (secondary N) is 1. The van der Waals surface area contributed by atoms with Gasteiger partial charge in [-0.2, -0.15) is 0 Å². The minimum atomic E-state index is 0.546. The van der Waals surface area contributed by atoms with E-state index in [1.807, 2.05) is 12.1 Å². The zero-order valence-electron chi connectivity index (χ0n) is 12.1. The molecule has 1 aromatic carbocycles. The van der Waals surface area contributed by atoms with Crippen molar-refractivity contribution in [1.82, 2.24) is 10.2 Å². The number of nitrogens with two attached hydrogens (primary N) is 1. The lowest BCUT2D eigenvalue weighted by molar-refractivity contribution is 0.863. The van der Waals surface area contributed by atoms with Gasteiger partial charge in [-0.05, 0) is 36.6 Å². The van der Waals surface area contributed by atoms with Crippen LogP contribution < -0.4 is 11.1 Å². The number of aromatic nitrogens is 2. The summed E-state index contributed by atoms with van der Waals surface area (Å²) in [5, 5.41) is 11.6. The second kappa shape index (κ2) is 7.01. The molecule has 106 valence electrons. The van der Waals surface area contributed by atoms with E-state index in [1.54, 1.807) is 0 Å². The van der Waals surface area contributed by atoms with Crippen molar-refractivity contribution in [3.63, 3.8) is 0 Å². The van der Waals surface area contributed by atoms with Crippen LogP contribution in [0.1, 0.15) is 31.7 Å². The first-order valence-electron chi connectivity index (χ1n) is 7.08. The molecular weight excluding hydrogens is 248 g/mol. The first-order valence-corrected chi connectivity index (χ1v) is 7.08. The first kappa shape index (κ1) is 14.5. The predicted molar refractivity (Wildman–Crippen MR) is 83.7 cm³/mol. The number of nitrogens with zero attached hydrogens (tertiary/aromatic N) is 2. The maximum Gasteiger partial charge on any atom is 0.148 e. The molecule has 0 spiro atoms. The highest BCUT2D eigenvalue weighted by Gasteiger charge is 2.03. The smallest absolute Gasteiger partial charge is 0.148 e.